The summed E-state index contributed by atoms with van der Waals surface area (Å²) in [5, 5.41) is 13.7. The van der Waals surface area contributed by atoms with Gasteiger partial charge in [0.15, 0.2) is 5.65 Å². The Kier molecular flexibility index (Phi) is 8.07. The molecule has 4 aromatic rings. The van der Waals surface area contributed by atoms with Gasteiger partial charge in [-0.3, -0.25) is 0 Å². The van der Waals surface area contributed by atoms with E-state index >= 15 is 0 Å². The molecular formula is C31H39ClN6O4SSi. The Morgan fingerprint density at radius 3 is 2.68 bits per heavy atom. The minimum atomic E-state index is -1.23. The summed E-state index contributed by atoms with van der Waals surface area (Å²) in [4.78, 5) is 28.8. The predicted molar refractivity (Wildman–Crippen MR) is 177 cm³/mol. The third-order valence-electron chi connectivity index (χ3n) is 9.19. The van der Waals surface area contributed by atoms with Crippen molar-refractivity contribution in [3.63, 3.8) is 0 Å². The van der Waals surface area contributed by atoms with Crippen LogP contribution >= 0.6 is 22.9 Å². The zero-order valence-corrected chi connectivity index (χ0v) is 28.0. The van der Waals surface area contributed by atoms with Crippen molar-refractivity contribution in [3.05, 3.63) is 34.6 Å². The molecule has 3 fully saturated rings. The van der Waals surface area contributed by atoms with E-state index in [1.807, 2.05) is 12.3 Å². The van der Waals surface area contributed by atoms with Crippen molar-refractivity contribution >= 4 is 64.3 Å². The number of ether oxygens (including phenoxy) is 2. The maximum absolute atomic E-state index is 11.3. The van der Waals surface area contributed by atoms with Gasteiger partial charge in [0.05, 0.1) is 33.1 Å². The minimum absolute atomic E-state index is 0.0290. The fourth-order valence-corrected chi connectivity index (χ4v) is 9.19. The number of amides is 1. The summed E-state index contributed by atoms with van der Waals surface area (Å²) < 4.78 is 14.9. The van der Waals surface area contributed by atoms with Crippen molar-refractivity contribution in [2.75, 3.05) is 24.7 Å². The largest absolute Gasteiger partial charge is 0.465 e. The number of nitrogens with one attached hydrogen (secondary N) is 1. The van der Waals surface area contributed by atoms with Gasteiger partial charge in [-0.15, -0.1) is 11.3 Å². The molecule has 3 aromatic heterocycles. The average molecular weight is 655 g/mol. The molecule has 6 heterocycles. The van der Waals surface area contributed by atoms with Gasteiger partial charge in [0.25, 0.3) is 0 Å². The monoisotopic (exact) mass is 654 g/mol. The summed E-state index contributed by atoms with van der Waals surface area (Å²) in [5.41, 5.74) is 4.29. The lowest BCUT2D eigenvalue weighted by molar-refractivity contribution is 0.0899. The van der Waals surface area contributed by atoms with E-state index in [0.717, 1.165) is 88.1 Å². The normalized spacial score (nSPS) is 23.7. The van der Waals surface area contributed by atoms with Crippen molar-refractivity contribution in [1.82, 2.24) is 24.8 Å². The molecule has 0 saturated carbocycles. The van der Waals surface area contributed by atoms with Gasteiger partial charge >= 0.3 is 6.09 Å². The summed E-state index contributed by atoms with van der Waals surface area (Å²) >= 11 is 8.79. The highest BCUT2D eigenvalue weighted by Crippen LogP contribution is 2.43. The predicted octanol–water partition coefficient (Wildman–Crippen LogP) is 6.95. The van der Waals surface area contributed by atoms with Crippen LogP contribution in [-0.4, -0.2) is 76.7 Å². The van der Waals surface area contributed by atoms with Gasteiger partial charge in [-0.25, -0.2) is 19.7 Å². The van der Waals surface area contributed by atoms with E-state index < -0.39 is 14.2 Å². The zero-order valence-electron chi connectivity index (χ0n) is 25.4. The number of fused-ring (bicyclic) bond motifs is 4. The van der Waals surface area contributed by atoms with Gasteiger partial charge in [-0.1, -0.05) is 37.3 Å². The number of piperidine rings is 1. The Hall–Kier alpha value is -2.77. The molecule has 7 rings (SSSR count). The number of benzene rings is 1. The molecule has 2 N–H and O–H groups in total. The van der Waals surface area contributed by atoms with Crippen molar-refractivity contribution < 1.29 is 19.4 Å². The highest BCUT2D eigenvalue weighted by atomic mass is 35.5. The third-order valence-corrected chi connectivity index (χ3v) is 12.6. The molecule has 1 amide bonds. The van der Waals surface area contributed by atoms with Crippen molar-refractivity contribution in [3.8, 4) is 11.1 Å². The molecule has 13 heteroatoms. The molecule has 1 aromatic carbocycles. The van der Waals surface area contributed by atoms with Crippen LogP contribution < -0.4 is 10.2 Å². The molecule has 2 bridgehead atoms. The summed E-state index contributed by atoms with van der Waals surface area (Å²) in [6, 6.07) is 5.61. The first-order valence-electron chi connectivity index (χ1n) is 15.5. The van der Waals surface area contributed by atoms with Crippen LogP contribution in [0.4, 0.5) is 10.6 Å². The van der Waals surface area contributed by atoms with E-state index in [0.29, 0.717) is 30.9 Å². The lowest BCUT2D eigenvalue weighted by Crippen LogP contribution is -2.50. The van der Waals surface area contributed by atoms with Crippen LogP contribution in [0.5, 0.6) is 0 Å². The van der Waals surface area contributed by atoms with Gasteiger partial charge in [0, 0.05) is 62.7 Å². The number of nitrogens with zero attached hydrogens (tertiary/aromatic N) is 5. The third kappa shape index (κ3) is 5.82. The molecule has 3 aliphatic heterocycles. The second-order valence-corrected chi connectivity index (χ2v) is 20.6. The van der Waals surface area contributed by atoms with Gasteiger partial charge in [-0.2, -0.15) is 0 Å². The lowest BCUT2D eigenvalue weighted by Gasteiger charge is -2.39. The first kappa shape index (κ1) is 29.9. The van der Waals surface area contributed by atoms with E-state index in [1.165, 1.54) is 0 Å². The van der Waals surface area contributed by atoms with Crippen LogP contribution in [0.15, 0.2) is 24.5 Å². The van der Waals surface area contributed by atoms with E-state index in [-0.39, 0.29) is 18.1 Å². The van der Waals surface area contributed by atoms with E-state index in [9.17, 15) is 9.90 Å². The number of thiazole rings is 1. The van der Waals surface area contributed by atoms with Crippen LogP contribution in [-0.2, 0) is 16.2 Å². The molecule has 10 nitrogen and oxygen atoms in total. The Balaban J connectivity index is 1.24. The number of halogens is 1. The Morgan fingerprint density at radius 2 is 1.98 bits per heavy atom. The lowest BCUT2D eigenvalue weighted by atomic mass is 9.97. The first-order chi connectivity index (χ1) is 21.1. The summed E-state index contributed by atoms with van der Waals surface area (Å²) in [5.74, 6) is 1.16. The van der Waals surface area contributed by atoms with Crippen LogP contribution in [0.25, 0.3) is 32.5 Å². The molecule has 44 heavy (non-hydrogen) atoms. The second kappa shape index (κ2) is 11.9. The van der Waals surface area contributed by atoms with Crippen molar-refractivity contribution in [2.45, 2.75) is 88.6 Å². The average Bonchev–Trinajstić information content (AvgIpc) is 3.76. The Bertz CT molecular complexity index is 1690. The molecule has 0 radical (unpaired) electrons. The van der Waals surface area contributed by atoms with Gasteiger partial charge in [0.2, 0.25) is 0 Å². The van der Waals surface area contributed by atoms with Gasteiger partial charge in [-0.05, 0) is 44.2 Å². The molecule has 3 saturated heterocycles. The maximum Gasteiger partial charge on any atom is 0.404 e. The van der Waals surface area contributed by atoms with Gasteiger partial charge in [0.1, 0.15) is 18.1 Å². The summed E-state index contributed by atoms with van der Waals surface area (Å²) in [7, 11) is -1.23. The number of rotatable bonds is 9. The minimum Gasteiger partial charge on any atom is -0.465 e. The zero-order chi connectivity index (χ0) is 30.6. The number of anilines is 1. The molecular weight excluding hydrogens is 616 g/mol. The van der Waals surface area contributed by atoms with E-state index in [1.54, 1.807) is 11.3 Å². The highest BCUT2D eigenvalue weighted by molar-refractivity contribution is 7.19. The smallest absolute Gasteiger partial charge is 0.404 e. The number of aromatic nitrogens is 4. The first-order valence-corrected chi connectivity index (χ1v) is 20.4. The molecule has 0 spiro atoms. The van der Waals surface area contributed by atoms with E-state index in [4.69, 9.17) is 36.0 Å². The van der Waals surface area contributed by atoms with E-state index in [2.05, 4.69) is 46.7 Å². The number of carboxylic acid groups (broad SMARTS) is 1. The van der Waals surface area contributed by atoms with Crippen molar-refractivity contribution in [1.29, 1.82) is 0 Å². The molecule has 234 valence electrons. The number of carbonyl (C=O) groups is 1. The highest BCUT2D eigenvalue weighted by Gasteiger charge is 2.42. The molecule has 2 unspecified atom stereocenters. The van der Waals surface area contributed by atoms with Crippen LogP contribution in [0, 0.1) is 0 Å². The molecule has 3 aliphatic rings. The topological polar surface area (TPSA) is 115 Å². The Labute approximate surface area is 266 Å². The van der Waals surface area contributed by atoms with Crippen LogP contribution in [0.2, 0.25) is 30.7 Å². The Morgan fingerprint density at radius 1 is 1.18 bits per heavy atom. The van der Waals surface area contributed by atoms with Gasteiger partial charge < -0.3 is 29.4 Å². The number of hydrogen-bond donors (Lipinski definition) is 2. The molecule has 4 atom stereocenters. The number of hydrogen-bond acceptors (Lipinski definition) is 8. The maximum atomic E-state index is 11.3. The van der Waals surface area contributed by atoms with Crippen LogP contribution in [0.3, 0.4) is 0 Å². The van der Waals surface area contributed by atoms with Crippen LogP contribution in [0.1, 0.15) is 43.0 Å². The molecule has 0 aliphatic carbocycles. The quantitative estimate of drug-likeness (QED) is 0.147. The summed E-state index contributed by atoms with van der Waals surface area (Å²) in [6.45, 7) is 9.62. The standard InChI is InChI=1S/C31H39ClN6O4SSi/c1-44(2,3)11-10-42-17-37-15-23(22-6-7-24-28(26(22)32)43-30(35-24)18-8-9-41-16-18)27-29(37)36-25(14-33-27)38-20-4-5-21(38)13-19(12-20)34-31(39)40/h6-7,14-15,18-21,34H,4-5,8-13,16-17H2,1-3H3,(H,39,40)/t18?,19?,20-,21+. The fraction of sp³-hybridized carbons (Fsp3) is 0.548. The second-order valence-electron chi connectivity index (χ2n) is 13.6. The fourth-order valence-electron chi connectivity index (χ4n) is 6.93. The van der Waals surface area contributed by atoms with Crippen molar-refractivity contribution in [2.24, 2.45) is 0 Å². The SMILES string of the molecule is C[Si](C)(C)CCOCn1cc(-c2ccc3nc(C4CCOC4)sc3c2Cl)c2ncc(N3[C@@H]4CC[C@H]3CC(NC(=O)O)C4)nc21. The summed E-state index contributed by atoms with van der Waals surface area (Å²) in [6.07, 6.45) is 7.56.